The fourth-order valence-electron chi connectivity index (χ4n) is 1.72. The molecular weight excluding hydrogens is 244 g/mol. The van der Waals surface area contributed by atoms with Crippen molar-refractivity contribution < 1.29 is 0 Å². The van der Waals surface area contributed by atoms with Gasteiger partial charge in [-0.05, 0) is 13.3 Å². The number of nitrogen functional groups attached to an aromatic ring is 1. The van der Waals surface area contributed by atoms with Crippen LogP contribution in [-0.2, 0) is 13.6 Å². The molecule has 1 aromatic rings. The molecule has 6 nitrogen and oxygen atoms in total. The highest BCUT2D eigenvalue weighted by Crippen LogP contribution is 2.11. The van der Waals surface area contributed by atoms with Gasteiger partial charge in [0.1, 0.15) is 11.5 Å². The lowest BCUT2D eigenvalue weighted by Gasteiger charge is -2.15. The van der Waals surface area contributed by atoms with E-state index in [0.717, 1.165) is 23.0 Å². The molecule has 0 aliphatic heterocycles. The minimum absolute atomic E-state index is 0.197. The summed E-state index contributed by atoms with van der Waals surface area (Å²) in [7, 11) is 1.46. The SMILES string of the molecule is C=C(C)CNc1c(N)n(CCCC)c(=O)n(C)c1=O. The van der Waals surface area contributed by atoms with Crippen LogP contribution in [0.25, 0.3) is 0 Å². The van der Waals surface area contributed by atoms with Crippen LogP contribution in [0.4, 0.5) is 11.5 Å². The Morgan fingerprint density at radius 3 is 2.58 bits per heavy atom. The predicted octanol–water partition coefficient (Wildman–Crippen LogP) is 0.917. The summed E-state index contributed by atoms with van der Waals surface area (Å²) in [5.74, 6) is 0.197. The van der Waals surface area contributed by atoms with Crippen molar-refractivity contribution in [2.45, 2.75) is 33.2 Å². The zero-order valence-corrected chi connectivity index (χ0v) is 11.8. The van der Waals surface area contributed by atoms with Crippen LogP contribution in [0.5, 0.6) is 0 Å². The molecule has 0 unspecified atom stereocenters. The molecule has 0 fully saturated rings. The third-order valence-corrected chi connectivity index (χ3v) is 2.89. The summed E-state index contributed by atoms with van der Waals surface area (Å²) in [5, 5.41) is 2.95. The number of hydrogen-bond acceptors (Lipinski definition) is 4. The van der Waals surface area contributed by atoms with E-state index in [0.29, 0.717) is 13.1 Å². The van der Waals surface area contributed by atoms with Gasteiger partial charge in [-0.25, -0.2) is 4.79 Å². The summed E-state index contributed by atoms with van der Waals surface area (Å²) in [6.07, 6.45) is 1.78. The number of nitrogens with one attached hydrogen (secondary N) is 1. The average molecular weight is 266 g/mol. The van der Waals surface area contributed by atoms with Gasteiger partial charge in [0.2, 0.25) is 0 Å². The zero-order chi connectivity index (χ0) is 14.6. The summed E-state index contributed by atoms with van der Waals surface area (Å²) < 4.78 is 2.51. The minimum atomic E-state index is -0.406. The number of nitrogens with zero attached hydrogens (tertiary/aromatic N) is 2. The number of nitrogens with two attached hydrogens (primary N) is 1. The Bertz CT molecular complexity index is 584. The molecule has 0 atom stereocenters. The van der Waals surface area contributed by atoms with Crippen molar-refractivity contribution in [2.75, 3.05) is 17.6 Å². The minimum Gasteiger partial charge on any atom is -0.383 e. The Hall–Kier alpha value is -1.98. The second-order valence-corrected chi connectivity index (χ2v) is 4.72. The van der Waals surface area contributed by atoms with Crippen molar-refractivity contribution in [1.82, 2.24) is 9.13 Å². The number of hydrogen-bond donors (Lipinski definition) is 2. The van der Waals surface area contributed by atoms with Crippen LogP contribution in [0, 0.1) is 0 Å². The van der Waals surface area contributed by atoms with Crippen molar-refractivity contribution in [3.63, 3.8) is 0 Å². The van der Waals surface area contributed by atoms with Gasteiger partial charge in [-0.3, -0.25) is 13.9 Å². The fraction of sp³-hybridized carbons (Fsp3) is 0.538. The van der Waals surface area contributed by atoms with Crippen molar-refractivity contribution in [3.8, 4) is 0 Å². The van der Waals surface area contributed by atoms with E-state index in [9.17, 15) is 9.59 Å². The van der Waals surface area contributed by atoms with Crippen LogP contribution < -0.4 is 22.3 Å². The van der Waals surface area contributed by atoms with Crippen LogP contribution in [-0.4, -0.2) is 15.7 Å². The standard InChI is InChI=1S/C13H22N4O2/c1-5-6-7-17-11(14)10(15-8-9(2)3)12(18)16(4)13(17)19/h15H,2,5-8,14H2,1,3-4H3. The monoisotopic (exact) mass is 266 g/mol. The second kappa shape index (κ2) is 6.26. The molecule has 0 saturated carbocycles. The van der Waals surface area contributed by atoms with Gasteiger partial charge < -0.3 is 11.1 Å². The van der Waals surface area contributed by atoms with Gasteiger partial charge in [0.15, 0.2) is 0 Å². The Morgan fingerprint density at radius 2 is 2.05 bits per heavy atom. The molecule has 0 aromatic carbocycles. The molecular formula is C13H22N4O2. The molecule has 0 bridgehead atoms. The van der Waals surface area contributed by atoms with Crippen LogP contribution in [0.3, 0.4) is 0 Å². The Morgan fingerprint density at radius 1 is 1.42 bits per heavy atom. The normalized spacial score (nSPS) is 10.5. The third-order valence-electron chi connectivity index (χ3n) is 2.89. The van der Waals surface area contributed by atoms with E-state index >= 15 is 0 Å². The maximum atomic E-state index is 12.0. The van der Waals surface area contributed by atoms with Crippen molar-refractivity contribution in [2.24, 2.45) is 7.05 Å². The molecule has 3 N–H and O–H groups in total. The molecule has 0 aliphatic rings. The van der Waals surface area contributed by atoms with Gasteiger partial charge in [-0.15, -0.1) is 0 Å². The first-order valence-corrected chi connectivity index (χ1v) is 6.37. The zero-order valence-electron chi connectivity index (χ0n) is 11.8. The van der Waals surface area contributed by atoms with Crippen LogP contribution in [0.2, 0.25) is 0 Å². The number of unbranched alkanes of at least 4 members (excludes halogenated alkanes) is 1. The first kappa shape index (κ1) is 15.1. The maximum absolute atomic E-state index is 12.0. The Kier molecular flexibility index (Phi) is 4.97. The first-order chi connectivity index (χ1) is 8.90. The van der Waals surface area contributed by atoms with E-state index in [1.165, 1.54) is 11.6 Å². The molecule has 106 valence electrons. The molecule has 0 saturated heterocycles. The van der Waals surface area contributed by atoms with E-state index in [-0.39, 0.29) is 17.2 Å². The van der Waals surface area contributed by atoms with E-state index in [4.69, 9.17) is 5.73 Å². The predicted molar refractivity (Wildman–Crippen MR) is 78.6 cm³/mol. The lowest BCUT2D eigenvalue weighted by atomic mass is 10.3. The maximum Gasteiger partial charge on any atom is 0.332 e. The molecule has 19 heavy (non-hydrogen) atoms. The van der Waals surface area contributed by atoms with Gasteiger partial charge in [0.25, 0.3) is 5.56 Å². The highest BCUT2D eigenvalue weighted by Gasteiger charge is 2.14. The van der Waals surface area contributed by atoms with E-state index in [1.807, 2.05) is 13.8 Å². The molecule has 0 amide bonds. The summed E-state index contributed by atoms with van der Waals surface area (Å²) in [6.45, 7) is 8.60. The lowest BCUT2D eigenvalue weighted by molar-refractivity contribution is 0.575. The molecule has 0 aliphatic carbocycles. The largest absolute Gasteiger partial charge is 0.383 e. The molecule has 1 heterocycles. The third kappa shape index (κ3) is 3.27. The van der Waals surface area contributed by atoms with E-state index in [1.54, 1.807) is 0 Å². The number of anilines is 2. The average Bonchev–Trinajstić information content (AvgIpc) is 2.36. The summed E-state index contributed by atoms with van der Waals surface area (Å²) in [6, 6.07) is 0. The highest BCUT2D eigenvalue weighted by molar-refractivity contribution is 5.61. The van der Waals surface area contributed by atoms with Crippen molar-refractivity contribution in [3.05, 3.63) is 33.0 Å². The van der Waals surface area contributed by atoms with Crippen LogP contribution in [0.1, 0.15) is 26.7 Å². The van der Waals surface area contributed by atoms with Gasteiger partial charge in [0, 0.05) is 20.1 Å². The summed E-state index contributed by atoms with van der Waals surface area (Å²) >= 11 is 0. The molecule has 0 spiro atoms. The molecule has 6 heteroatoms. The van der Waals surface area contributed by atoms with Crippen LogP contribution in [0.15, 0.2) is 21.7 Å². The molecule has 0 radical (unpaired) electrons. The Balaban J connectivity index is 3.30. The number of aromatic nitrogens is 2. The van der Waals surface area contributed by atoms with Crippen LogP contribution >= 0.6 is 0 Å². The van der Waals surface area contributed by atoms with Gasteiger partial charge in [0.05, 0.1) is 0 Å². The van der Waals surface area contributed by atoms with E-state index in [2.05, 4.69) is 11.9 Å². The quantitative estimate of drug-likeness (QED) is 0.750. The first-order valence-electron chi connectivity index (χ1n) is 6.37. The number of rotatable bonds is 6. The smallest absolute Gasteiger partial charge is 0.332 e. The molecule has 1 rings (SSSR count). The van der Waals surface area contributed by atoms with E-state index < -0.39 is 5.56 Å². The summed E-state index contributed by atoms with van der Waals surface area (Å²) in [5.41, 5.74) is 6.30. The van der Waals surface area contributed by atoms with Gasteiger partial charge in [-0.1, -0.05) is 25.5 Å². The lowest BCUT2D eigenvalue weighted by Crippen LogP contribution is -2.41. The van der Waals surface area contributed by atoms with Gasteiger partial charge >= 0.3 is 5.69 Å². The van der Waals surface area contributed by atoms with Crippen molar-refractivity contribution in [1.29, 1.82) is 0 Å². The second-order valence-electron chi connectivity index (χ2n) is 4.72. The fourth-order valence-corrected chi connectivity index (χ4v) is 1.72. The van der Waals surface area contributed by atoms with Crippen molar-refractivity contribution >= 4 is 11.5 Å². The van der Waals surface area contributed by atoms with Gasteiger partial charge in [-0.2, -0.15) is 0 Å². The highest BCUT2D eigenvalue weighted by atomic mass is 16.2. The summed E-state index contributed by atoms with van der Waals surface area (Å²) in [4.78, 5) is 24.0. The molecule has 1 aromatic heterocycles. The Labute approximate surface area is 112 Å². The topological polar surface area (TPSA) is 82.0 Å².